The van der Waals surface area contributed by atoms with Gasteiger partial charge in [0.15, 0.2) is 0 Å². The van der Waals surface area contributed by atoms with Crippen LogP contribution in [0.2, 0.25) is 0 Å². The lowest BCUT2D eigenvalue weighted by atomic mass is 9.73. The van der Waals surface area contributed by atoms with E-state index in [0.29, 0.717) is 24.5 Å². The molecule has 1 heterocycles. The summed E-state index contributed by atoms with van der Waals surface area (Å²) >= 11 is 0. The van der Waals surface area contributed by atoms with Gasteiger partial charge in [-0.3, -0.25) is 0 Å². The van der Waals surface area contributed by atoms with Crippen LogP contribution < -0.4 is 5.32 Å². The van der Waals surface area contributed by atoms with Crippen LogP contribution in [0.5, 0.6) is 0 Å². The van der Waals surface area contributed by atoms with Gasteiger partial charge in [-0.25, -0.2) is 0 Å². The summed E-state index contributed by atoms with van der Waals surface area (Å²) < 4.78 is 5.99. The average molecular weight is 267 g/mol. The number of rotatable bonds is 4. The Morgan fingerprint density at radius 2 is 1.84 bits per heavy atom. The molecule has 1 spiro atoms. The summed E-state index contributed by atoms with van der Waals surface area (Å²) in [7, 11) is 0. The molecule has 1 saturated heterocycles. The highest BCUT2D eigenvalue weighted by molar-refractivity contribution is 4.96. The van der Waals surface area contributed by atoms with Crippen molar-refractivity contribution in [3.8, 4) is 0 Å². The minimum Gasteiger partial charge on any atom is -0.396 e. The highest BCUT2D eigenvalue weighted by atomic mass is 16.5. The molecule has 3 rings (SSSR count). The van der Waals surface area contributed by atoms with Crippen LogP contribution in [-0.4, -0.2) is 36.5 Å². The largest absolute Gasteiger partial charge is 0.396 e. The number of ether oxygens (including phenoxy) is 1. The Balaban J connectivity index is 1.45. The summed E-state index contributed by atoms with van der Waals surface area (Å²) in [5.41, 5.74) is 0.249. The summed E-state index contributed by atoms with van der Waals surface area (Å²) in [6, 6.07) is 0.648. The molecular formula is C16H29NO2. The maximum absolute atomic E-state index is 9.48. The molecular weight excluding hydrogens is 238 g/mol. The monoisotopic (exact) mass is 267 g/mol. The third kappa shape index (κ3) is 3.14. The van der Waals surface area contributed by atoms with E-state index in [9.17, 15) is 5.11 Å². The summed E-state index contributed by atoms with van der Waals surface area (Å²) in [4.78, 5) is 0. The van der Waals surface area contributed by atoms with Gasteiger partial charge in [-0.2, -0.15) is 0 Å². The van der Waals surface area contributed by atoms with Crippen LogP contribution in [0.3, 0.4) is 0 Å². The van der Waals surface area contributed by atoms with Crippen LogP contribution in [0.4, 0.5) is 0 Å². The normalized spacial score (nSPS) is 38.1. The number of aliphatic hydroxyl groups is 1. The third-order valence-electron chi connectivity index (χ3n) is 5.73. The van der Waals surface area contributed by atoms with E-state index in [1.54, 1.807) is 0 Å². The molecule has 0 radical (unpaired) electrons. The van der Waals surface area contributed by atoms with Gasteiger partial charge in [0.1, 0.15) is 0 Å². The molecule has 0 amide bonds. The smallest absolute Gasteiger partial charge is 0.0697 e. The number of nitrogens with one attached hydrogen (secondary N) is 1. The van der Waals surface area contributed by atoms with Crippen LogP contribution in [-0.2, 0) is 4.74 Å². The van der Waals surface area contributed by atoms with Crippen LogP contribution >= 0.6 is 0 Å². The number of hydrogen-bond acceptors (Lipinski definition) is 3. The first-order valence-corrected chi connectivity index (χ1v) is 8.29. The van der Waals surface area contributed by atoms with E-state index in [2.05, 4.69) is 5.32 Å². The van der Waals surface area contributed by atoms with Gasteiger partial charge in [0, 0.05) is 19.3 Å². The SMILES string of the molecule is OCC1CCCCC1CNC1CCOC2(CCC2)C1. The fourth-order valence-corrected chi connectivity index (χ4v) is 4.23. The van der Waals surface area contributed by atoms with Crippen molar-refractivity contribution in [2.24, 2.45) is 11.8 Å². The van der Waals surface area contributed by atoms with Gasteiger partial charge in [0.2, 0.25) is 0 Å². The lowest BCUT2D eigenvalue weighted by Crippen LogP contribution is -2.51. The molecule has 2 N–H and O–H groups in total. The van der Waals surface area contributed by atoms with E-state index < -0.39 is 0 Å². The quantitative estimate of drug-likeness (QED) is 0.822. The van der Waals surface area contributed by atoms with Gasteiger partial charge in [-0.15, -0.1) is 0 Å². The lowest BCUT2D eigenvalue weighted by molar-refractivity contribution is -0.135. The Hall–Kier alpha value is -0.120. The Morgan fingerprint density at radius 1 is 1.05 bits per heavy atom. The van der Waals surface area contributed by atoms with Crippen LogP contribution in [0.15, 0.2) is 0 Å². The molecule has 3 fully saturated rings. The second-order valence-electron chi connectivity index (χ2n) is 6.97. The van der Waals surface area contributed by atoms with Crippen molar-refractivity contribution in [2.75, 3.05) is 19.8 Å². The molecule has 3 heteroatoms. The van der Waals surface area contributed by atoms with Gasteiger partial charge in [-0.05, 0) is 63.3 Å². The van der Waals surface area contributed by atoms with Crippen molar-refractivity contribution in [1.82, 2.24) is 5.32 Å². The molecule has 3 unspecified atom stereocenters. The van der Waals surface area contributed by atoms with Gasteiger partial charge < -0.3 is 15.2 Å². The van der Waals surface area contributed by atoms with Crippen LogP contribution in [0, 0.1) is 11.8 Å². The van der Waals surface area contributed by atoms with Gasteiger partial charge in [-0.1, -0.05) is 12.8 Å². The molecule has 0 bridgehead atoms. The van der Waals surface area contributed by atoms with Gasteiger partial charge >= 0.3 is 0 Å². The maximum atomic E-state index is 9.48. The molecule has 3 nitrogen and oxygen atoms in total. The molecule has 3 aliphatic rings. The van der Waals surface area contributed by atoms with Gasteiger partial charge in [0.05, 0.1) is 5.60 Å². The zero-order chi connectivity index (χ0) is 13.1. The molecule has 1 aliphatic heterocycles. The summed E-state index contributed by atoms with van der Waals surface area (Å²) in [5, 5.41) is 13.3. The zero-order valence-corrected chi connectivity index (χ0v) is 12.1. The Labute approximate surface area is 117 Å². The van der Waals surface area contributed by atoms with Crippen molar-refractivity contribution in [3.63, 3.8) is 0 Å². The number of hydrogen-bond donors (Lipinski definition) is 2. The van der Waals surface area contributed by atoms with E-state index in [0.717, 1.165) is 19.6 Å². The van der Waals surface area contributed by atoms with E-state index in [1.807, 2.05) is 0 Å². The molecule has 19 heavy (non-hydrogen) atoms. The molecule has 0 aromatic heterocycles. The van der Waals surface area contributed by atoms with Crippen molar-refractivity contribution in [1.29, 1.82) is 0 Å². The minimum absolute atomic E-state index is 0.249. The standard InChI is InChI=1S/C16H29NO2/c18-12-14-5-2-1-4-13(14)11-17-15-6-9-19-16(10-15)7-3-8-16/h13-15,17-18H,1-12H2. The van der Waals surface area contributed by atoms with E-state index in [1.165, 1.54) is 51.4 Å². The van der Waals surface area contributed by atoms with Crippen molar-refractivity contribution in [2.45, 2.75) is 69.4 Å². The summed E-state index contributed by atoms with van der Waals surface area (Å²) in [6.45, 7) is 2.42. The molecule has 0 aromatic carbocycles. The lowest BCUT2D eigenvalue weighted by Gasteiger charge is -2.47. The van der Waals surface area contributed by atoms with Gasteiger partial charge in [0.25, 0.3) is 0 Å². The first-order valence-electron chi connectivity index (χ1n) is 8.29. The predicted molar refractivity (Wildman–Crippen MR) is 76.1 cm³/mol. The second-order valence-corrected chi connectivity index (χ2v) is 6.97. The first kappa shape index (κ1) is 13.8. The highest BCUT2D eigenvalue weighted by Crippen LogP contribution is 2.42. The summed E-state index contributed by atoms with van der Waals surface area (Å²) in [6.07, 6.45) is 11.4. The fourth-order valence-electron chi connectivity index (χ4n) is 4.23. The highest BCUT2D eigenvalue weighted by Gasteiger charge is 2.42. The van der Waals surface area contributed by atoms with E-state index in [-0.39, 0.29) is 5.60 Å². The van der Waals surface area contributed by atoms with Crippen LogP contribution in [0.25, 0.3) is 0 Å². The Bertz CT molecular complexity index is 290. The molecule has 110 valence electrons. The average Bonchev–Trinajstić information content (AvgIpc) is 2.44. The topological polar surface area (TPSA) is 41.5 Å². The molecule has 3 atom stereocenters. The molecule has 0 aromatic rings. The van der Waals surface area contributed by atoms with Crippen LogP contribution in [0.1, 0.15) is 57.8 Å². The fraction of sp³-hybridized carbons (Fsp3) is 1.00. The van der Waals surface area contributed by atoms with Crippen molar-refractivity contribution in [3.05, 3.63) is 0 Å². The van der Waals surface area contributed by atoms with E-state index in [4.69, 9.17) is 4.74 Å². The van der Waals surface area contributed by atoms with Crippen molar-refractivity contribution >= 4 is 0 Å². The Kier molecular flexibility index (Phi) is 4.45. The Morgan fingerprint density at radius 3 is 2.53 bits per heavy atom. The third-order valence-corrected chi connectivity index (χ3v) is 5.73. The predicted octanol–water partition coefficient (Wildman–Crippen LogP) is 2.48. The zero-order valence-electron chi connectivity index (χ0n) is 12.1. The molecule has 2 saturated carbocycles. The van der Waals surface area contributed by atoms with Crippen molar-refractivity contribution < 1.29 is 9.84 Å². The maximum Gasteiger partial charge on any atom is 0.0697 e. The number of aliphatic hydroxyl groups excluding tert-OH is 1. The molecule has 2 aliphatic carbocycles. The second kappa shape index (κ2) is 6.11. The summed E-state index contributed by atoms with van der Waals surface area (Å²) in [5.74, 6) is 1.23. The first-order chi connectivity index (χ1) is 9.31. The van der Waals surface area contributed by atoms with E-state index >= 15 is 0 Å². The minimum atomic E-state index is 0.249.